The molecule has 138 valence electrons. The maximum atomic E-state index is 5.72. The first-order chi connectivity index (χ1) is 13.2. The van der Waals surface area contributed by atoms with Gasteiger partial charge in [-0.05, 0) is 56.2 Å². The van der Waals surface area contributed by atoms with Crippen molar-refractivity contribution < 1.29 is 9.15 Å². The lowest BCUT2D eigenvalue weighted by atomic mass is 10.2. The van der Waals surface area contributed by atoms with Gasteiger partial charge in [0.1, 0.15) is 5.75 Å². The number of halogens is 1. The quantitative estimate of drug-likeness (QED) is 0.380. The third-order valence-corrected chi connectivity index (χ3v) is 6.12. The first-order valence-electron chi connectivity index (χ1n) is 7.81. The summed E-state index contributed by atoms with van der Waals surface area (Å²) in [5.41, 5.74) is 1.08. The van der Waals surface area contributed by atoms with E-state index in [9.17, 15) is 0 Å². The minimum atomic E-state index is 0.489. The van der Waals surface area contributed by atoms with Crippen LogP contribution in [0.15, 0.2) is 49.8 Å². The molecule has 4 aromatic rings. The van der Waals surface area contributed by atoms with Gasteiger partial charge in [-0.3, -0.25) is 0 Å². The number of tetrazole rings is 1. The van der Waals surface area contributed by atoms with Gasteiger partial charge >= 0.3 is 0 Å². The van der Waals surface area contributed by atoms with Crippen LogP contribution in [0.25, 0.3) is 10.8 Å². The van der Waals surface area contributed by atoms with Crippen LogP contribution in [-0.2, 0) is 12.3 Å². The summed E-state index contributed by atoms with van der Waals surface area (Å²) >= 11 is 6.42. The van der Waals surface area contributed by atoms with Crippen molar-refractivity contribution in [1.82, 2.24) is 30.4 Å². The van der Waals surface area contributed by atoms with Crippen LogP contribution < -0.4 is 4.74 Å². The van der Waals surface area contributed by atoms with Gasteiger partial charge in [0.05, 0.1) is 28.1 Å². The maximum Gasteiger partial charge on any atom is 0.257 e. The van der Waals surface area contributed by atoms with Gasteiger partial charge in [0.25, 0.3) is 5.89 Å². The molecule has 3 heterocycles. The van der Waals surface area contributed by atoms with E-state index < -0.39 is 0 Å². The van der Waals surface area contributed by atoms with E-state index in [0.717, 1.165) is 20.0 Å². The molecule has 27 heavy (non-hydrogen) atoms. The Morgan fingerprint density at radius 3 is 2.74 bits per heavy atom. The average Bonchev–Trinajstić information content (AvgIpc) is 3.42. The highest BCUT2D eigenvalue weighted by atomic mass is 79.9. The smallest absolute Gasteiger partial charge is 0.257 e. The monoisotopic (exact) mass is 464 g/mol. The summed E-state index contributed by atoms with van der Waals surface area (Å²) in [6.07, 6.45) is 0. The van der Waals surface area contributed by atoms with E-state index in [4.69, 9.17) is 9.15 Å². The third-order valence-electron chi connectivity index (χ3n) is 3.57. The number of hydrogen-bond donors (Lipinski definition) is 0. The third kappa shape index (κ3) is 4.37. The van der Waals surface area contributed by atoms with E-state index in [1.54, 1.807) is 23.1 Å². The molecular formula is C16H13BrN6O2S2. The van der Waals surface area contributed by atoms with E-state index in [2.05, 4.69) is 41.7 Å². The number of benzene rings is 1. The number of nitrogens with zero attached hydrogens (tertiary/aromatic N) is 6. The molecule has 0 spiro atoms. The Morgan fingerprint density at radius 1 is 1.15 bits per heavy atom. The van der Waals surface area contributed by atoms with Crippen LogP contribution in [0.2, 0.25) is 0 Å². The molecule has 0 aliphatic carbocycles. The van der Waals surface area contributed by atoms with Gasteiger partial charge in [-0.15, -0.1) is 26.6 Å². The Bertz CT molecular complexity index is 1030. The molecule has 0 aliphatic rings. The van der Waals surface area contributed by atoms with Crippen LogP contribution in [0.4, 0.5) is 0 Å². The summed E-state index contributed by atoms with van der Waals surface area (Å²) in [7, 11) is 1.64. The zero-order chi connectivity index (χ0) is 18.6. The molecule has 0 saturated carbocycles. The summed E-state index contributed by atoms with van der Waals surface area (Å²) in [5.74, 6) is 2.34. The highest BCUT2D eigenvalue weighted by Gasteiger charge is 2.13. The van der Waals surface area contributed by atoms with Crippen molar-refractivity contribution in [3.05, 3.63) is 51.6 Å². The molecule has 0 fully saturated rings. The Kier molecular flexibility index (Phi) is 5.50. The Balaban J connectivity index is 1.40. The summed E-state index contributed by atoms with van der Waals surface area (Å²) < 4.78 is 13.6. The normalized spacial score (nSPS) is 11.0. The Labute approximate surface area is 171 Å². The highest BCUT2D eigenvalue weighted by molar-refractivity contribution is 9.11. The molecule has 0 aliphatic heterocycles. The molecule has 0 bridgehead atoms. The molecular weight excluding hydrogens is 452 g/mol. The van der Waals surface area contributed by atoms with E-state index >= 15 is 0 Å². The van der Waals surface area contributed by atoms with Gasteiger partial charge in [-0.25, -0.2) is 4.68 Å². The van der Waals surface area contributed by atoms with E-state index in [-0.39, 0.29) is 0 Å². The van der Waals surface area contributed by atoms with Crippen molar-refractivity contribution in [3.8, 4) is 16.5 Å². The first kappa shape index (κ1) is 18.1. The SMILES string of the molecule is COc1ccc(Cn2nnnc2SCc2nnc(-c3ccc(Br)s3)o2)cc1. The van der Waals surface area contributed by atoms with Gasteiger partial charge in [-0.2, -0.15) is 0 Å². The molecule has 0 amide bonds. The van der Waals surface area contributed by atoms with Crippen molar-refractivity contribution in [2.24, 2.45) is 0 Å². The lowest BCUT2D eigenvalue weighted by molar-refractivity contribution is 0.414. The number of thiophene rings is 1. The van der Waals surface area contributed by atoms with Crippen LogP contribution in [0.1, 0.15) is 11.5 Å². The van der Waals surface area contributed by atoms with Gasteiger partial charge in [0.2, 0.25) is 11.0 Å². The fourth-order valence-corrected chi connectivity index (χ4v) is 4.29. The van der Waals surface area contributed by atoms with Crippen molar-refractivity contribution in [2.75, 3.05) is 7.11 Å². The van der Waals surface area contributed by atoms with Gasteiger partial charge < -0.3 is 9.15 Å². The predicted octanol–water partition coefficient (Wildman–Crippen LogP) is 3.90. The first-order valence-corrected chi connectivity index (χ1v) is 10.4. The lowest BCUT2D eigenvalue weighted by Gasteiger charge is -2.05. The van der Waals surface area contributed by atoms with Gasteiger partial charge in [-0.1, -0.05) is 23.9 Å². The number of methoxy groups -OCH3 is 1. The molecule has 0 N–H and O–H groups in total. The average molecular weight is 465 g/mol. The number of aromatic nitrogens is 6. The minimum Gasteiger partial charge on any atom is -0.497 e. The van der Waals surface area contributed by atoms with Crippen molar-refractivity contribution in [3.63, 3.8) is 0 Å². The van der Waals surface area contributed by atoms with E-state index in [0.29, 0.717) is 29.2 Å². The lowest BCUT2D eigenvalue weighted by Crippen LogP contribution is -2.04. The number of hydrogen-bond acceptors (Lipinski definition) is 9. The predicted molar refractivity (Wildman–Crippen MR) is 105 cm³/mol. The molecule has 0 atom stereocenters. The van der Waals surface area contributed by atoms with E-state index in [1.165, 1.54) is 11.8 Å². The second-order valence-electron chi connectivity index (χ2n) is 5.36. The molecule has 11 heteroatoms. The van der Waals surface area contributed by atoms with Crippen LogP contribution in [0, 0.1) is 0 Å². The second kappa shape index (κ2) is 8.19. The zero-order valence-corrected chi connectivity index (χ0v) is 17.3. The molecule has 3 aromatic heterocycles. The molecule has 4 rings (SSSR count). The molecule has 1 aromatic carbocycles. The number of rotatable bonds is 7. The van der Waals surface area contributed by atoms with Gasteiger partial charge in [0, 0.05) is 0 Å². The largest absolute Gasteiger partial charge is 0.497 e. The number of ether oxygens (including phenoxy) is 1. The fourth-order valence-electron chi connectivity index (χ4n) is 2.27. The maximum absolute atomic E-state index is 5.72. The fraction of sp³-hybridized carbons (Fsp3) is 0.188. The molecule has 0 unspecified atom stereocenters. The van der Waals surface area contributed by atoms with Gasteiger partial charge in [0.15, 0.2) is 0 Å². The Morgan fingerprint density at radius 2 is 2.00 bits per heavy atom. The summed E-state index contributed by atoms with van der Waals surface area (Å²) in [6, 6.07) is 11.7. The van der Waals surface area contributed by atoms with Crippen LogP contribution in [0.5, 0.6) is 5.75 Å². The van der Waals surface area contributed by atoms with Crippen molar-refractivity contribution in [2.45, 2.75) is 17.5 Å². The van der Waals surface area contributed by atoms with Crippen LogP contribution in [0.3, 0.4) is 0 Å². The number of thioether (sulfide) groups is 1. The summed E-state index contributed by atoms with van der Waals surface area (Å²) in [5, 5.41) is 20.8. The summed E-state index contributed by atoms with van der Waals surface area (Å²) in [6.45, 7) is 0.567. The van der Waals surface area contributed by atoms with E-state index in [1.807, 2.05) is 36.4 Å². The highest BCUT2D eigenvalue weighted by Crippen LogP contribution is 2.31. The molecule has 0 saturated heterocycles. The summed E-state index contributed by atoms with van der Waals surface area (Å²) in [4.78, 5) is 0.926. The van der Waals surface area contributed by atoms with Crippen LogP contribution in [-0.4, -0.2) is 37.5 Å². The van der Waals surface area contributed by atoms with Crippen LogP contribution >= 0.6 is 39.0 Å². The molecule has 8 nitrogen and oxygen atoms in total. The zero-order valence-electron chi connectivity index (χ0n) is 14.1. The van der Waals surface area contributed by atoms with Crippen molar-refractivity contribution >= 4 is 39.0 Å². The topological polar surface area (TPSA) is 91.8 Å². The second-order valence-corrected chi connectivity index (χ2v) is 8.77. The molecule has 0 radical (unpaired) electrons. The Hall–Kier alpha value is -2.24. The standard InChI is InChI=1S/C16H13BrN6O2S2/c1-24-11-4-2-10(3-5-11)8-23-16(20-21-22-23)26-9-14-18-19-15(25-14)12-6-7-13(17)27-12/h2-7H,8-9H2,1H3. The van der Waals surface area contributed by atoms with Crippen molar-refractivity contribution in [1.29, 1.82) is 0 Å². The minimum absolute atomic E-state index is 0.489.